The molecule has 1 saturated heterocycles. The Balaban J connectivity index is 1.85. The van der Waals surface area contributed by atoms with Crippen LogP contribution in [0.3, 0.4) is 0 Å². The summed E-state index contributed by atoms with van der Waals surface area (Å²) in [7, 11) is 2.15. The van der Waals surface area contributed by atoms with Crippen LogP contribution >= 0.6 is 15.9 Å². The van der Waals surface area contributed by atoms with Gasteiger partial charge in [-0.3, -0.25) is 4.79 Å². The second-order valence-corrected chi connectivity index (χ2v) is 6.27. The average molecular weight is 325 g/mol. The van der Waals surface area contributed by atoms with Crippen molar-refractivity contribution in [2.24, 2.45) is 5.92 Å². The molecule has 1 N–H and O–H groups in total. The number of benzene rings is 1. The highest BCUT2D eigenvalue weighted by molar-refractivity contribution is 9.10. The highest BCUT2D eigenvalue weighted by Gasteiger charge is 2.17. The Morgan fingerprint density at radius 1 is 1.42 bits per heavy atom. The quantitative estimate of drug-likeness (QED) is 0.927. The van der Waals surface area contributed by atoms with E-state index < -0.39 is 0 Å². The molecule has 0 atom stereocenters. The molecule has 4 heteroatoms. The number of amides is 1. The van der Waals surface area contributed by atoms with Crippen molar-refractivity contribution in [1.82, 2.24) is 10.2 Å². The molecule has 1 fully saturated rings. The maximum Gasteiger partial charge on any atom is 0.251 e. The molecule has 0 saturated carbocycles. The summed E-state index contributed by atoms with van der Waals surface area (Å²) in [6.07, 6.45) is 2.35. The number of likely N-dealkylation sites (tertiary alicyclic amines) is 1. The number of nitrogens with one attached hydrogen (secondary N) is 1. The molecule has 1 aromatic rings. The van der Waals surface area contributed by atoms with Crippen LogP contribution in [0, 0.1) is 12.8 Å². The molecule has 2 rings (SSSR count). The van der Waals surface area contributed by atoms with Gasteiger partial charge in [0.25, 0.3) is 5.91 Å². The first-order valence-electron chi connectivity index (χ1n) is 6.79. The van der Waals surface area contributed by atoms with Gasteiger partial charge in [-0.05, 0) is 69.6 Å². The van der Waals surface area contributed by atoms with E-state index in [9.17, 15) is 4.79 Å². The number of rotatable bonds is 3. The molecule has 1 aliphatic heterocycles. The lowest BCUT2D eigenvalue weighted by Gasteiger charge is -2.28. The SMILES string of the molecule is Cc1cc(C(=O)NCC2CCN(C)CC2)ccc1Br. The molecule has 0 aromatic heterocycles. The van der Waals surface area contributed by atoms with Gasteiger partial charge in [0.05, 0.1) is 0 Å². The number of hydrogen-bond acceptors (Lipinski definition) is 2. The van der Waals surface area contributed by atoms with Crippen molar-refractivity contribution in [3.63, 3.8) is 0 Å². The lowest BCUT2D eigenvalue weighted by Crippen LogP contribution is -2.36. The van der Waals surface area contributed by atoms with Crippen LogP contribution in [-0.2, 0) is 0 Å². The zero-order chi connectivity index (χ0) is 13.8. The first-order chi connectivity index (χ1) is 9.06. The van der Waals surface area contributed by atoms with Crippen molar-refractivity contribution in [3.05, 3.63) is 33.8 Å². The highest BCUT2D eigenvalue weighted by Crippen LogP contribution is 2.18. The normalized spacial score (nSPS) is 17.4. The maximum atomic E-state index is 12.1. The second-order valence-electron chi connectivity index (χ2n) is 5.42. The smallest absolute Gasteiger partial charge is 0.251 e. The minimum atomic E-state index is 0.0366. The van der Waals surface area contributed by atoms with Crippen molar-refractivity contribution in [2.75, 3.05) is 26.7 Å². The van der Waals surface area contributed by atoms with E-state index in [-0.39, 0.29) is 5.91 Å². The summed E-state index contributed by atoms with van der Waals surface area (Å²) >= 11 is 3.45. The molecule has 0 spiro atoms. The molecule has 0 bridgehead atoms. The number of carbonyl (C=O) groups is 1. The predicted octanol–water partition coefficient (Wildman–Crippen LogP) is 2.83. The number of carbonyl (C=O) groups excluding carboxylic acids is 1. The lowest BCUT2D eigenvalue weighted by molar-refractivity contribution is 0.0939. The first kappa shape index (κ1) is 14.5. The van der Waals surface area contributed by atoms with Gasteiger partial charge in [0.1, 0.15) is 0 Å². The van der Waals surface area contributed by atoms with E-state index in [2.05, 4.69) is 33.2 Å². The molecule has 3 nitrogen and oxygen atoms in total. The standard InChI is InChI=1S/C15H21BrN2O/c1-11-9-13(3-4-14(11)16)15(19)17-10-12-5-7-18(2)8-6-12/h3-4,9,12H,5-8,10H2,1-2H3,(H,17,19). The summed E-state index contributed by atoms with van der Waals surface area (Å²) in [6.45, 7) is 5.06. The molecule has 1 heterocycles. The van der Waals surface area contributed by atoms with Crippen LogP contribution < -0.4 is 5.32 Å². The molecule has 104 valence electrons. The maximum absolute atomic E-state index is 12.1. The summed E-state index contributed by atoms with van der Waals surface area (Å²) in [4.78, 5) is 14.4. The number of hydrogen-bond donors (Lipinski definition) is 1. The van der Waals surface area contributed by atoms with Crippen LogP contribution in [0.4, 0.5) is 0 Å². The number of halogens is 1. The molecule has 0 radical (unpaired) electrons. The fourth-order valence-electron chi connectivity index (χ4n) is 2.39. The van der Waals surface area contributed by atoms with Crippen molar-refractivity contribution < 1.29 is 4.79 Å². The van der Waals surface area contributed by atoms with Gasteiger partial charge in [0.2, 0.25) is 0 Å². The van der Waals surface area contributed by atoms with E-state index in [0.717, 1.165) is 35.2 Å². The van der Waals surface area contributed by atoms with E-state index in [4.69, 9.17) is 0 Å². The number of piperidine rings is 1. The van der Waals surface area contributed by atoms with Crippen molar-refractivity contribution >= 4 is 21.8 Å². The van der Waals surface area contributed by atoms with Gasteiger partial charge in [-0.15, -0.1) is 0 Å². The Labute approximate surface area is 123 Å². The monoisotopic (exact) mass is 324 g/mol. The molecule has 0 unspecified atom stereocenters. The predicted molar refractivity (Wildman–Crippen MR) is 81.4 cm³/mol. The minimum absolute atomic E-state index is 0.0366. The third-order valence-corrected chi connectivity index (χ3v) is 4.70. The number of nitrogens with zero attached hydrogens (tertiary/aromatic N) is 1. The Hall–Kier alpha value is -0.870. The topological polar surface area (TPSA) is 32.3 Å². The van der Waals surface area contributed by atoms with E-state index in [1.807, 2.05) is 25.1 Å². The van der Waals surface area contributed by atoms with E-state index >= 15 is 0 Å². The van der Waals surface area contributed by atoms with Crippen LogP contribution in [-0.4, -0.2) is 37.5 Å². The van der Waals surface area contributed by atoms with Crippen molar-refractivity contribution in [3.8, 4) is 0 Å². The third kappa shape index (κ3) is 4.05. The van der Waals surface area contributed by atoms with Crippen molar-refractivity contribution in [1.29, 1.82) is 0 Å². The Kier molecular flexibility index (Phi) is 4.99. The van der Waals surface area contributed by atoms with E-state index in [1.54, 1.807) is 0 Å². The summed E-state index contributed by atoms with van der Waals surface area (Å²) in [5, 5.41) is 3.06. The van der Waals surface area contributed by atoms with Crippen LogP contribution in [0.25, 0.3) is 0 Å². The van der Waals surface area contributed by atoms with Gasteiger partial charge in [-0.2, -0.15) is 0 Å². The molecular formula is C15H21BrN2O. The summed E-state index contributed by atoms with van der Waals surface area (Å²) < 4.78 is 1.04. The highest BCUT2D eigenvalue weighted by atomic mass is 79.9. The van der Waals surface area contributed by atoms with E-state index in [0.29, 0.717) is 5.92 Å². The second kappa shape index (κ2) is 6.53. The summed E-state index contributed by atoms with van der Waals surface area (Å²) in [6, 6.07) is 5.72. The fourth-order valence-corrected chi connectivity index (χ4v) is 2.64. The molecule has 1 aliphatic rings. The largest absolute Gasteiger partial charge is 0.352 e. The Morgan fingerprint density at radius 3 is 2.74 bits per heavy atom. The zero-order valence-electron chi connectivity index (χ0n) is 11.6. The van der Waals surface area contributed by atoms with Gasteiger partial charge in [0, 0.05) is 16.6 Å². The molecular weight excluding hydrogens is 304 g/mol. The fraction of sp³-hybridized carbons (Fsp3) is 0.533. The van der Waals surface area contributed by atoms with Crippen LogP contribution in [0.15, 0.2) is 22.7 Å². The van der Waals surface area contributed by atoms with Gasteiger partial charge < -0.3 is 10.2 Å². The zero-order valence-corrected chi connectivity index (χ0v) is 13.2. The van der Waals surface area contributed by atoms with Crippen LogP contribution in [0.5, 0.6) is 0 Å². The van der Waals surface area contributed by atoms with Gasteiger partial charge in [-0.1, -0.05) is 15.9 Å². The average Bonchev–Trinajstić information content (AvgIpc) is 2.41. The Morgan fingerprint density at radius 2 is 2.11 bits per heavy atom. The van der Waals surface area contributed by atoms with Crippen molar-refractivity contribution in [2.45, 2.75) is 19.8 Å². The first-order valence-corrected chi connectivity index (χ1v) is 7.58. The third-order valence-electron chi connectivity index (χ3n) is 3.81. The number of aryl methyl sites for hydroxylation is 1. The lowest BCUT2D eigenvalue weighted by atomic mass is 9.97. The van der Waals surface area contributed by atoms with Gasteiger partial charge in [-0.25, -0.2) is 0 Å². The molecule has 1 aromatic carbocycles. The van der Waals surface area contributed by atoms with E-state index in [1.165, 1.54) is 12.8 Å². The van der Waals surface area contributed by atoms with Crippen LogP contribution in [0.2, 0.25) is 0 Å². The minimum Gasteiger partial charge on any atom is -0.352 e. The molecule has 1 amide bonds. The summed E-state index contributed by atoms with van der Waals surface area (Å²) in [5.41, 5.74) is 1.83. The Bertz CT molecular complexity index is 453. The van der Waals surface area contributed by atoms with Gasteiger partial charge in [0.15, 0.2) is 0 Å². The summed E-state index contributed by atoms with van der Waals surface area (Å²) in [5.74, 6) is 0.659. The molecule has 19 heavy (non-hydrogen) atoms. The van der Waals surface area contributed by atoms with Crippen LogP contribution in [0.1, 0.15) is 28.8 Å². The van der Waals surface area contributed by atoms with Gasteiger partial charge >= 0.3 is 0 Å². The molecule has 0 aliphatic carbocycles.